The predicted octanol–water partition coefficient (Wildman–Crippen LogP) is 11.6. The van der Waals surface area contributed by atoms with Gasteiger partial charge in [0.1, 0.15) is 0 Å². The Bertz CT molecular complexity index is 669. The van der Waals surface area contributed by atoms with Crippen molar-refractivity contribution in [2.45, 2.75) is 84.1 Å². The van der Waals surface area contributed by atoms with Gasteiger partial charge >= 0.3 is 0 Å². The number of hydrogen-bond donors (Lipinski definition) is 2. The SMILES string of the molecule is C.C.CC.CC.CC.CC.CC.COC.COC.Nc1ccccc1.Nc1ccccc1.c1ccncc1.c1ccncc1. The van der Waals surface area contributed by atoms with Gasteiger partial charge < -0.3 is 20.9 Å². The molecule has 0 fully saturated rings. The van der Waals surface area contributed by atoms with Gasteiger partial charge in [-0.15, -0.1) is 0 Å². The molecule has 2 aromatic heterocycles. The minimum absolute atomic E-state index is 0. The fraction of sp³-hybridized carbons (Fsp3) is 0.421. The average Bonchev–Trinajstić information content (AvgIpc) is 3.10. The Morgan fingerprint density at radius 3 is 0.591 bits per heavy atom. The Morgan fingerprint density at radius 1 is 0.364 bits per heavy atom. The third kappa shape index (κ3) is 90.3. The van der Waals surface area contributed by atoms with Crippen molar-refractivity contribution in [3.05, 3.63) is 122 Å². The van der Waals surface area contributed by atoms with Crippen molar-refractivity contribution in [3.63, 3.8) is 0 Å². The van der Waals surface area contributed by atoms with Gasteiger partial charge in [-0.2, -0.15) is 0 Å². The summed E-state index contributed by atoms with van der Waals surface area (Å²) in [5.74, 6) is 0. The minimum atomic E-state index is 0. The van der Waals surface area contributed by atoms with Crippen molar-refractivity contribution < 1.29 is 9.47 Å². The Morgan fingerprint density at radius 2 is 0.523 bits per heavy atom. The number of para-hydroxylation sites is 2. The van der Waals surface area contributed by atoms with Crippen LogP contribution in [0.5, 0.6) is 0 Å². The zero-order valence-corrected chi connectivity index (χ0v) is 29.4. The van der Waals surface area contributed by atoms with E-state index in [4.69, 9.17) is 11.5 Å². The third-order valence-electron chi connectivity index (χ3n) is 2.73. The topological polar surface area (TPSA) is 96.3 Å². The first kappa shape index (κ1) is 63.5. The van der Waals surface area contributed by atoms with Gasteiger partial charge in [0.2, 0.25) is 0 Å². The number of methoxy groups -OCH3 is 2. The van der Waals surface area contributed by atoms with E-state index in [2.05, 4.69) is 19.4 Å². The van der Waals surface area contributed by atoms with Crippen molar-refractivity contribution in [2.24, 2.45) is 0 Å². The molecule has 0 spiro atoms. The maximum atomic E-state index is 5.36. The van der Waals surface area contributed by atoms with E-state index in [1.807, 2.05) is 166 Å². The van der Waals surface area contributed by atoms with E-state index in [-0.39, 0.29) is 14.9 Å². The van der Waals surface area contributed by atoms with Crippen LogP contribution in [-0.2, 0) is 9.47 Å². The lowest BCUT2D eigenvalue weighted by Gasteiger charge is -1.83. The number of hydrogen-bond acceptors (Lipinski definition) is 6. The van der Waals surface area contributed by atoms with Gasteiger partial charge in [0.15, 0.2) is 0 Å². The molecule has 0 unspecified atom stereocenters. The quantitative estimate of drug-likeness (QED) is 0.190. The summed E-state index contributed by atoms with van der Waals surface area (Å²) < 4.78 is 8.50. The second-order valence-corrected chi connectivity index (χ2v) is 5.69. The van der Waals surface area contributed by atoms with E-state index in [0.717, 1.165) is 11.4 Å². The van der Waals surface area contributed by atoms with Gasteiger partial charge in [-0.3, -0.25) is 9.97 Å². The summed E-state index contributed by atoms with van der Waals surface area (Å²) in [6.45, 7) is 20.0. The van der Waals surface area contributed by atoms with Gasteiger partial charge in [0.05, 0.1) is 0 Å². The zero-order valence-electron chi connectivity index (χ0n) is 29.4. The molecule has 4 rings (SSSR count). The molecule has 4 aromatic rings. The van der Waals surface area contributed by atoms with E-state index < -0.39 is 0 Å². The molecule has 6 nitrogen and oxygen atoms in total. The second-order valence-electron chi connectivity index (χ2n) is 5.69. The van der Waals surface area contributed by atoms with Crippen molar-refractivity contribution in [1.29, 1.82) is 0 Å². The van der Waals surface area contributed by atoms with Crippen LogP contribution in [0.15, 0.2) is 122 Å². The molecule has 6 heteroatoms. The molecule has 0 aliphatic heterocycles. The van der Waals surface area contributed by atoms with Crippen LogP contribution >= 0.6 is 0 Å². The third-order valence-corrected chi connectivity index (χ3v) is 2.73. The predicted molar refractivity (Wildman–Crippen MR) is 206 cm³/mol. The number of nitrogens with two attached hydrogens (primary N) is 2. The zero-order chi connectivity index (χ0) is 34.1. The number of aromatic nitrogens is 2. The van der Waals surface area contributed by atoms with Crippen LogP contribution in [0.2, 0.25) is 0 Å². The molecule has 0 aliphatic carbocycles. The number of nitrogen functional groups attached to an aromatic ring is 2. The molecule has 0 bridgehead atoms. The molecule has 0 amide bonds. The van der Waals surface area contributed by atoms with Crippen molar-refractivity contribution in [2.75, 3.05) is 39.9 Å². The Hall–Kier alpha value is -3.74. The summed E-state index contributed by atoms with van der Waals surface area (Å²) in [7, 11) is 6.50. The van der Waals surface area contributed by atoms with Crippen LogP contribution in [0.4, 0.5) is 11.4 Å². The normalized spacial score (nSPS) is 6.41. The highest BCUT2D eigenvalue weighted by atomic mass is 16.5. The fourth-order valence-electron chi connectivity index (χ4n) is 1.53. The van der Waals surface area contributed by atoms with Crippen molar-refractivity contribution in [3.8, 4) is 0 Å². The number of rotatable bonds is 0. The summed E-state index contributed by atoms with van der Waals surface area (Å²) in [6, 6.07) is 30.4. The van der Waals surface area contributed by atoms with E-state index in [1.54, 1.807) is 53.2 Å². The van der Waals surface area contributed by atoms with E-state index in [0.29, 0.717) is 0 Å². The molecule has 0 saturated carbocycles. The lowest BCUT2D eigenvalue weighted by Crippen LogP contribution is -1.79. The first-order valence-electron chi connectivity index (χ1n) is 14.7. The van der Waals surface area contributed by atoms with Crippen LogP contribution in [0.25, 0.3) is 0 Å². The lowest BCUT2D eigenvalue weighted by atomic mass is 10.3. The number of nitrogens with zero attached hydrogens (tertiary/aromatic N) is 2. The average molecular weight is 619 g/mol. The monoisotopic (exact) mass is 619 g/mol. The van der Waals surface area contributed by atoms with E-state index in [1.165, 1.54) is 0 Å². The molecular weight excluding hydrogens is 544 g/mol. The molecule has 0 atom stereocenters. The largest absolute Gasteiger partial charge is 0.399 e. The molecule has 44 heavy (non-hydrogen) atoms. The molecule has 258 valence electrons. The summed E-state index contributed by atoms with van der Waals surface area (Å²) in [4.78, 5) is 7.57. The van der Waals surface area contributed by atoms with Crippen LogP contribution in [-0.4, -0.2) is 38.4 Å². The summed E-state index contributed by atoms with van der Waals surface area (Å²) in [6.07, 6.45) is 7.00. The summed E-state index contributed by atoms with van der Waals surface area (Å²) >= 11 is 0. The fourth-order valence-corrected chi connectivity index (χ4v) is 1.53. The number of benzene rings is 2. The van der Waals surface area contributed by atoms with Crippen molar-refractivity contribution in [1.82, 2.24) is 9.97 Å². The Balaban J connectivity index is -0.0000000455. The molecule has 4 N–H and O–H groups in total. The number of anilines is 2. The smallest absolute Gasteiger partial charge is 0.0351 e. The van der Waals surface area contributed by atoms with Gasteiger partial charge in [-0.1, -0.05) is 133 Å². The van der Waals surface area contributed by atoms with Crippen LogP contribution in [0, 0.1) is 0 Å². The first-order valence-corrected chi connectivity index (χ1v) is 14.7. The molecule has 0 aliphatic rings. The maximum Gasteiger partial charge on any atom is 0.0351 e. The molecule has 2 heterocycles. The van der Waals surface area contributed by atoms with Gasteiger partial charge in [0, 0.05) is 64.6 Å². The summed E-state index contributed by atoms with van der Waals surface area (Å²) in [5.41, 5.74) is 12.4. The second kappa shape index (κ2) is 83.3. The Kier molecular flexibility index (Phi) is 120. The van der Waals surface area contributed by atoms with E-state index >= 15 is 0 Å². The van der Waals surface area contributed by atoms with Crippen molar-refractivity contribution >= 4 is 11.4 Å². The highest BCUT2D eigenvalue weighted by Gasteiger charge is 1.73. The molecule has 2 aromatic carbocycles. The van der Waals surface area contributed by atoms with Crippen LogP contribution in [0.3, 0.4) is 0 Å². The first-order chi connectivity index (χ1) is 20.6. The Labute approximate surface area is 276 Å². The lowest BCUT2D eigenvalue weighted by molar-refractivity contribution is 0.277. The van der Waals surface area contributed by atoms with Crippen LogP contribution < -0.4 is 11.5 Å². The highest BCUT2D eigenvalue weighted by molar-refractivity contribution is 5.36. The van der Waals surface area contributed by atoms with Gasteiger partial charge in [-0.05, 0) is 48.5 Å². The minimum Gasteiger partial charge on any atom is -0.399 e. The maximum absolute atomic E-state index is 5.36. The number of pyridine rings is 2. The number of ether oxygens (including phenoxy) is 2. The summed E-state index contributed by atoms with van der Waals surface area (Å²) in [5, 5.41) is 0. The van der Waals surface area contributed by atoms with Crippen LogP contribution in [0.1, 0.15) is 84.1 Å². The highest BCUT2D eigenvalue weighted by Crippen LogP contribution is 1.96. The van der Waals surface area contributed by atoms with Gasteiger partial charge in [-0.25, -0.2) is 0 Å². The van der Waals surface area contributed by atoms with Gasteiger partial charge in [0.25, 0.3) is 0 Å². The molecule has 0 saturated heterocycles. The molecular formula is C38H74N4O2. The van der Waals surface area contributed by atoms with E-state index in [9.17, 15) is 0 Å². The standard InChI is InChI=1S/2C6H7N.2C5H5N.2C2H6O.5C2H6.2CH4/c2*7-6-4-2-1-3-5-6;2*1-2-4-6-5-3-1;2*1-3-2;5*1-2;;/h2*1-5H,7H2;2*1-5H;2*1-2H3;5*1-2H3;2*1H4. The molecule has 0 radical (unpaired) electrons.